The maximum atomic E-state index is 13.4. The van der Waals surface area contributed by atoms with E-state index in [0.29, 0.717) is 11.6 Å². The molecule has 3 aromatic carbocycles. The molecule has 162 valence electrons. The Labute approximate surface area is 176 Å². The number of carbonyl (C=O) groups is 1. The zero-order chi connectivity index (χ0) is 22.8. The van der Waals surface area contributed by atoms with E-state index in [1.165, 1.54) is 18.2 Å². The van der Waals surface area contributed by atoms with Crippen molar-refractivity contribution in [1.82, 2.24) is 0 Å². The smallest absolute Gasteiger partial charge is 0.416 e. The van der Waals surface area contributed by atoms with Crippen molar-refractivity contribution in [3.05, 3.63) is 83.4 Å². The standard InChI is InChI=1S/C22H17F3O5S/c1-30-21(27)19-8-7-14(9-20(19)26)13-31(28,29)18-11-16(15-5-3-2-4-6-15)10-17(12-18)22(23,24)25/h2-12,26H,13H2,1H3. The van der Waals surface area contributed by atoms with Crippen molar-refractivity contribution in [1.29, 1.82) is 0 Å². The molecule has 0 atom stereocenters. The molecule has 0 amide bonds. The number of carbonyl (C=O) groups excluding carboxylic acids is 1. The molecule has 0 bridgehead atoms. The van der Waals surface area contributed by atoms with Crippen molar-refractivity contribution in [2.45, 2.75) is 16.8 Å². The predicted molar refractivity (Wildman–Crippen MR) is 107 cm³/mol. The Bertz CT molecular complexity index is 1220. The highest BCUT2D eigenvalue weighted by atomic mass is 32.2. The minimum absolute atomic E-state index is 0.101. The van der Waals surface area contributed by atoms with Crippen molar-refractivity contribution in [3.8, 4) is 16.9 Å². The molecule has 3 rings (SSSR count). The summed E-state index contributed by atoms with van der Waals surface area (Å²) in [6.07, 6.45) is -4.74. The topological polar surface area (TPSA) is 80.7 Å². The Morgan fingerprint density at radius 2 is 1.65 bits per heavy atom. The summed E-state index contributed by atoms with van der Waals surface area (Å²) < 4.78 is 70.6. The SMILES string of the molecule is COC(=O)c1ccc(CS(=O)(=O)c2cc(-c3ccccc3)cc(C(F)(F)F)c2)cc1O. The van der Waals surface area contributed by atoms with Gasteiger partial charge in [0.2, 0.25) is 0 Å². The lowest BCUT2D eigenvalue weighted by molar-refractivity contribution is -0.137. The van der Waals surface area contributed by atoms with Gasteiger partial charge in [0.1, 0.15) is 11.3 Å². The number of methoxy groups -OCH3 is 1. The highest BCUT2D eigenvalue weighted by Crippen LogP contribution is 2.35. The first-order valence-corrected chi connectivity index (χ1v) is 10.6. The third kappa shape index (κ3) is 5.05. The largest absolute Gasteiger partial charge is 0.507 e. The van der Waals surface area contributed by atoms with Crippen LogP contribution in [0.3, 0.4) is 0 Å². The van der Waals surface area contributed by atoms with Gasteiger partial charge in [-0.2, -0.15) is 13.2 Å². The summed E-state index contributed by atoms with van der Waals surface area (Å²) in [5, 5.41) is 9.96. The first-order valence-electron chi connectivity index (χ1n) is 8.92. The highest BCUT2D eigenvalue weighted by molar-refractivity contribution is 7.90. The highest BCUT2D eigenvalue weighted by Gasteiger charge is 2.33. The molecule has 0 aliphatic rings. The lowest BCUT2D eigenvalue weighted by atomic mass is 10.0. The molecule has 0 saturated heterocycles. The van der Waals surface area contributed by atoms with Crippen LogP contribution in [0.4, 0.5) is 13.2 Å². The second kappa shape index (κ2) is 8.43. The fourth-order valence-electron chi connectivity index (χ4n) is 2.99. The van der Waals surface area contributed by atoms with E-state index in [1.54, 1.807) is 30.3 Å². The van der Waals surface area contributed by atoms with Gasteiger partial charge in [0.15, 0.2) is 9.84 Å². The number of ether oxygens (including phenoxy) is 1. The second-order valence-electron chi connectivity index (χ2n) is 6.71. The van der Waals surface area contributed by atoms with Crippen LogP contribution in [0.25, 0.3) is 11.1 Å². The minimum Gasteiger partial charge on any atom is -0.507 e. The number of halogens is 3. The molecule has 0 saturated carbocycles. The van der Waals surface area contributed by atoms with E-state index in [1.807, 2.05) is 0 Å². The van der Waals surface area contributed by atoms with E-state index >= 15 is 0 Å². The molecule has 0 fully saturated rings. The fourth-order valence-corrected chi connectivity index (χ4v) is 4.39. The van der Waals surface area contributed by atoms with E-state index < -0.39 is 43.9 Å². The molecule has 1 N–H and O–H groups in total. The summed E-state index contributed by atoms with van der Waals surface area (Å²) >= 11 is 0. The zero-order valence-corrected chi connectivity index (χ0v) is 17.0. The van der Waals surface area contributed by atoms with Crippen LogP contribution in [0.5, 0.6) is 5.75 Å². The van der Waals surface area contributed by atoms with Crippen LogP contribution in [-0.2, 0) is 26.5 Å². The molecule has 31 heavy (non-hydrogen) atoms. The Balaban J connectivity index is 2.04. The van der Waals surface area contributed by atoms with Crippen molar-refractivity contribution in [2.24, 2.45) is 0 Å². The van der Waals surface area contributed by atoms with E-state index in [0.717, 1.165) is 19.2 Å². The van der Waals surface area contributed by atoms with Gasteiger partial charge in [-0.3, -0.25) is 0 Å². The van der Waals surface area contributed by atoms with Gasteiger partial charge in [-0.05, 0) is 47.0 Å². The molecule has 0 aliphatic heterocycles. The molecule has 0 aliphatic carbocycles. The van der Waals surface area contributed by atoms with Gasteiger partial charge in [-0.1, -0.05) is 36.4 Å². The molecule has 0 spiro atoms. The van der Waals surface area contributed by atoms with Crippen molar-refractivity contribution < 1.29 is 36.2 Å². The van der Waals surface area contributed by atoms with Crippen LogP contribution in [0, 0.1) is 0 Å². The van der Waals surface area contributed by atoms with Gasteiger partial charge < -0.3 is 9.84 Å². The number of hydrogen-bond acceptors (Lipinski definition) is 5. The van der Waals surface area contributed by atoms with Crippen LogP contribution in [0.1, 0.15) is 21.5 Å². The summed E-state index contributed by atoms with van der Waals surface area (Å²) in [5.41, 5.74) is -0.600. The molecule has 0 aromatic heterocycles. The van der Waals surface area contributed by atoms with E-state index in [2.05, 4.69) is 4.74 Å². The second-order valence-corrected chi connectivity index (χ2v) is 8.70. The Kier molecular flexibility index (Phi) is 6.08. The Morgan fingerprint density at radius 3 is 2.23 bits per heavy atom. The number of phenols is 1. The number of hydrogen-bond donors (Lipinski definition) is 1. The summed E-state index contributed by atoms with van der Waals surface area (Å²) in [6, 6.07) is 14.3. The summed E-state index contributed by atoms with van der Waals surface area (Å²) in [7, 11) is -3.09. The van der Waals surface area contributed by atoms with Gasteiger partial charge in [-0.25, -0.2) is 13.2 Å². The third-order valence-corrected chi connectivity index (χ3v) is 6.19. The maximum Gasteiger partial charge on any atom is 0.416 e. The molecule has 5 nitrogen and oxygen atoms in total. The zero-order valence-electron chi connectivity index (χ0n) is 16.2. The first kappa shape index (κ1) is 22.4. The molecule has 0 unspecified atom stereocenters. The third-order valence-electron chi connectivity index (χ3n) is 4.52. The quantitative estimate of drug-likeness (QED) is 0.563. The summed E-state index contributed by atoms with van der Waals surface area (Å²) in [4.78, 5) is 11.0. The predicted octanol–water partition coefficient (Wildman–Crippen LogP) is 4.84. The number of rotatable bonds is 5. The van der Waals surface area contributed by atoms with E-state index in [-0.39, 0.29) is 16.7 Å². The van der Waals surface area contributed by atoms with Crippen LogP contribution in [0.15, 0.2) is 71.6 Å². The van der Waals surface area contributed by atoms with Gasteiger partial charge in [0.25, 0.3) is 0 Å². The number of benzene rings is 3. The van der Waals surface area contributed by atoms with E-state index in [4.69, 9.17) is 0 Å². The normalized spacial score (nSPS) is 11.9. The van der Waals surface area contributed by atoms with Gasteiger partial charge in [0.05, 0.1) is 23.3 Å². The monoisotopic (exact) mass is 450 g/mol. The minimum atomic E-state index is -4.74. The number of sulfone groups is 1. The van der Waals surface area contributed by atoms with Crippen molar-refractivity contribution >= 4 is 15.8 Å². The Hall–Kier alpha value is -3.33. The maximum absolute atomic E-state index is 13.4. The lowest BCUT2D eigenvalue weighted by Gasteiger charge is -2.13. The first-order chi connectivity index (χ1) is 14.5. The molecule has 0 radical (unpaired) electrons. The van der Waals surface area contributed by atoms with Crippen molar-refractivity contribution in [3.63, 3.8) is 0 Å². The molecule has 3 aromatic rings. The van der Waals surface area contributed by atoms with Crippen LogP contribution < -0.4 is 0 Å². The molecule has 9 heteroatoms. The van der Waals surface area contributed by atoms with Crippen LogP contribution in [0.2, 0.25) is 0 Å². The van der Waals surface area contributed by atoms with Gasteiger partial charge in [-0.15, -0.1) is 0 Å². The summed E-state index contributed by atoms with van der Waals surface area (Å²) in [5.74, 6) is -1.97. The average Bonchev–Trinajstić information content (AvgIpc) is 2.72. The Morgan fingerprint density at radius 1 is 0.968 bits per heavy atom. The van der Waals surface area contributed by atoms with Gasteiger partial charge >= 0.3 is 12.1 Å². The number of alkyl halides is 3. The van der Waals surface area contributed by atoms with Crippen LogP contribution >= 0.6 is 0 Å². The van der Waals surface area contributed by atoms with Gasteiger partial charge in [0, 0.05) is 0 Å². The molecule has 0 heterocycles. The van der Waals surface area contributed by atoms with Crippen molar-refractivity contribution in [2.75, 3.05) is 7.11 Å². The van der Waals surface area contributed by atoms with E-state index in [9.17, 15) is 31.5 Å². The number of phenolic OH excluding ortho intramolecular Hbond substituents is 1. The molecular formula is C22H17F3O5S. The lowest BCUT2D eigenvalue weighted by Crippen LogP contribution is -2.10. The fraction of sp³-hybridized carbons (Fsp3) is 0.136. The van der Waals surface area contributed by atoms with Crippen LogP contribution in [-0.4, -0.2) is 26.6 Å². The average molecular weight is 450 g/mol. The number of aromatic hydroxyl groups is 1. The molecular weight excluding hydrogens is 433 g/mol. The number of esters is 1. The summed E-state index contributed by atoms with van der Waals surface area (Å²) in [6.45, 7) is 0.